The number of carbonyl (C=O) groups excluding carboxylic acids is 2. The van der Waals surface area contributed by atoms with Crippen LogP contribution in [0.3, 0.4) is 0 Å². The molecule has 2 heterocycles. The van der Waals surface area contributed by atoms with Crippen LogP contribution in [0.4, 0.5) is 11.4 Å². The number of carbonyl (C=O) groups is 2. The van der Waals surface area contributed by atoms with Crippen LogP contribution in [0, 0.1) is 0 Å². The van der Waals surface area contributed by atoms with E-state index in [2.05, 4.69) is 15.5 Å². The van der Waals surface area contributed by atoms with E-state index < -0.39 is 0 Å². The van der Waals surface area contributed by atoms with Crippen molar-refractivity contribution in [1.29, 1.82) is 0 Å². The molecule has 0 aliphatic carbocycles. The van der Waals surface area contributed by atoms with Gasteiger partial charge in [0.05, 0.1) is 18.5 Å². The fourth-order valence-electron chi connectivity index (χ4n) is 3.60. The second kappa shape index (κ2) is 6.71. The summed E-state index contributed by atoms with van der Waals surface area (Å²) in [5.74, 6) is 0.637. The Morgan fingerprint density at radius 2 is 2.08 bits per heavy atom. The van der Waals surface area contributed by atoms with Gasteiger partial charge in [-0.15, -0.1) is 0 Å². The number of hydrogen-bond acceptors (Lipinski definition) is 4. The fraction of sp³-hybridized carbons (Fsp3) is 0.300. The minimum Gasteiger partial charge on any atom is -0.497 e. The lowest BCUT2D eigenvalue weighted by Gasteiger charge is -2.33. The molecule has 2 aromatic carbocycles. The van der Waals surface area contributed by atoms with E-state index in [-0.39, 0.29) is 17.9 Å². The van der Waals surface area contributed by atoms with Crippen molar-refractivity contribution >= 4 is 23.2 Å². The van der Waals surface area contributed by atoms with Crippen molar-refractivity contribution in [3.63, 3.8) is 0 Å². The summed E-state index contributed by atoms with van der Waals surface area (Å²) < 4.78 is 5.13. The summed E-state index contributed by atoms with van der Waals surface area (Å²) in [6.07, 6.45) is 1.90. The van der Waals surface area contributed by atoms with Crippen molar-refractivity contribution in [1.82, 2.24) is 5.32 Å². The molecule has 4 rings (SSSR count). The first-order valence-electron chi connectivity index (χ1n) is 8.78. The molecule has 0 radical (unpaired) electrons. The number of hydrogen-bond donors (Lipinski definition) is 2. The Hall–Kier alpha value is -3.02. The average Bonchev–Trinajstić information content (AvgIpc) is 3.17. The molecule has 2 aliphatic heterocycles. The van der Waals surface area contributed by atoms with Crippen molar-refractivity contribution in [2.24, 2.45) is 0 Å². The van der Waals surface area contributed by atoms with Gasteiger partial charge < -0.3 is 20.3 Å². The Kier molecular flexibility index (Phi) is 4.24. The quantitative estimate of drug-likeness (QED) is 0.888. The Morgan fingerprint density at radius 3 is 2.85 bits per heavy atom. The van der Waals surface area contributed by atoms with Gasteiger partial charge in [0.25, 0.3) is 5.91 Å². The highest BCUT2D eigenvalue weighted by molar-refractivity contribution is 6.06. The highest BCUT2D eigenvalue weighted by Crippen LogP contribution is 2.37. The third-order valence-corrected chi connectivity index (χ3v) is 4.99. The predicted octanol–water partition coefficient (Wildman–Crippen LogP) is 2.55. The zero-order valence-corrected chi connectivity index (χ0v) is 14.6. The lowest BCUT2D eigenvalue weighted by Crippen LogP contribution is -2.44. The second-order valence-corrected chi connectivity index (χ2v) is 6.60. The van der Waals surface area contributed by atoms with Gasteiger partial charge in [-0.3, -0.25) is 9.59 Å². The first kappa shape index (κ1) is 16.4. The number of nitrogens with one attached hydrogen (secondary N) is 2. The van der Waals surface area contributed by atoms with Gasteiger partial charge in [-0.1, -0.05) is 12.1 Å². The molecule has 1 atom stereocenters. The molecule has 6 heteroatoms. The summed E-state index contributed by atoms with van der Waals surface area (Å²) in [4.78, 5) is 26.8. The van der Waals surface area contributed by atoms with Gasteiger partial charge in [0.1, 0.15) is 11.8 Å². The summed E-state index contributed by atoms with van der Waals surface area (Å²) >= 11 is 0. The molecule has 26 heavy (non-hydrogen) atoms. The number of fused-ring (bicyclic) bond motifs is 3. The van der Waals surface area contributed by atoms with Crippen LogP contribution in [-0.4, -0.2) is 31.5 Å². The second-order valence-electron chi connectivity index (χ2n) is 6.60. The smallest absolute Gasteiger partial charge is 0.251 e. The van der Waals surface area contributed by atoms with Gasteiger partial charge in [0.15, 0.2) is 0 Å². The molecule has 134 valence electrons. The van der Waals surface area contributed by atoms with E-state index in [1.54, 1.807) is 13.2 Å². The van der Waals surface area contributed by atoms with Gasteiger partial charge in [0, 0.05) is 18.7 Å². The molecule has 2 aliphatic rings. The lowest BCUT2D eigenvalue weighted by molar-refractivity contribution is -0.117. The molecule has 0 spiro atoms. The Labute approximate surface area is 152 Å². The van der Waals surface area contributed by atoms with Crippen molar-refractivity contribution in [3.8, 4) is 5.75 Å². The summed E-state index contributed by atoms with van der Waals surface area (Å²) in [5, 5.41) is 5.85. The average molecular weight is 351 g/mol. The highest BCUT2D eigenvalue weighted by atomic mass is 16.5. The molecule has 6 nitrogen and oxygen atoms in total. The molecule has 0 aromatic heterocycles. The molecule has 2 N–H and O–H groups in total. The third kappa shape index (κ3) is 2.98. The van der Waals surface area contributed by atoms with E-state index in [1.165, 1.54) is 0 Å². The van der Waals surface area contributed by atoms with Crippen molar-refractivity contribution < 1.29 is 14.3 Å². The normalized spacial score (nSPS) is 18.0. The van der Waals surface area contributed by atoms with E-state index in [9.17, 15) is 9.59 Å². The van der Waals surface area contributed by atoms with Crippen LogP contribution in [-0.2, 0) is 11.3 Å². The van der Waals surface area contributed by atoms with Gasteiger partial charge in [-0.2, -0.15) is 0 Å². The summed E-state index contributed by atoms with van der Waals surface area (Å²) in [5.41, 5.74) is 3.24. The molecule has 2 aromatic rings. The van der Waals surface area contributed by atoms with Gasteiger partial charge in [-0.05, 0) is 48.7 Å². The van der Waals surface area contributed by atoms with Gasteiger partial charge in [0.2, 0.25) is 5.91 Å². The zero-order chi connectivity index (χ0) is 18.1. The standard InChI is InChI=1S/C20H21N3O3/c1-26-15-7-4-13(5-8-15)12-21-19(24)14-6-9-17-16(11-14)22-20(25)18-3-2-10-23(17)18/h4-9,11,18H,2-3,10,12H2,1H3,(H,21,24)(H,22,25)/t18-/m0/s1. The summed E-state index contributed by atoms with van der Waals surface area (Å²) in [6.45, 7) is 1.31. The van der Waals surface area contributed by atoms with Crippen molar-refractivity contribution in [2.75, 3.05) is 23.9 Å². The Morgan fingerprint density at radius 1 is 1.27 bits per heavy atom. The predicted molar refractivity (Wildman–Crippen MR) is 99.6 cm³/mol. The van der Waals surface area contributed by atoms with E-state index in [1.807, 2.05) is 36.4 Å². The third-order valence-electron chi connectivity index (χ3n) is 4.99. The molecule has 1 fully saturated rings. The van der Waals surface area contributed by atoms with E-state index in [0.717, 1.165) is 36.4 Å². The zero-order valence-electron chi connectivity index (χ0n) is 14.6. The maximum Gasteiger partial charge on any atom is 0.251 e. The van der Waals surface area contributed by atoms with Crippen LogP contribution in [0.15, 0.2) is 42.5 Å². The van der Waals surface area contributed by atoms with Crippen molar-refractivity contribution in [2.45, 2.75) is 25.4 Å². The molecule has 2 amide bonds. The Balaban J connectivity index is 1.47. The summed E-state index contributed by atoms with van der Waals surface area (Å²) in [6, 6.07) is 13.0. The van der Waals surface area contributed by atoms with Gasteiger partial charge in [-0.25, -0.2) is 0 Å². The molecular weight excluding hydrogens is 330 g/mol. The molecule has 0 saturated carbocycles. The number of rotatable bonds is 4. The van der Waals surface area contributed by atoms with Gasteiger partial charge >= 0.3 is 0 Å². The van der Waals surface area contributed by atoms with E-state index >= 15 is 0 Å². The first-order chi connectivity index (χ1) is 12.7. The topological polar surface area (TPSA) is 70.7 Å². The van der Waals surface area contributed by atoms with E-state index in [0.29, 0.717) is 17.8 Å². The maximum absolute atomic E-state index is 12.5. The van der Waals surface area contributed by atoms with E-state index in [4.69, 9.17) is 4.74 Å². The van der Waals surface area contributed by atoms with Crippen LogP contribution in [0.25, 0.3) is 0 Å². The number of methoxy groups -OCH3 is 1. The molecule has 1 saturated heterocycles. The molecule has 0 bridgehead atoms. The van der Waals surface area contributed by atoms with Crippen LogP contribution in [0.5, 0.6) is 5.75 Å². The summed E-state index contributed by atoms with van der Waals surface area (Å²) in [7, 11) is 1.62. The number of amides is 2. The van der Waals surface area contributed by atoms with Crippen molar-refractivity contribution in [3.05, 3.63) is 53.6 Å². The van der Waals surface area contributed by atoms with Crippen LogP contribution < -0.4 is 20.3 Å². The Bertz CT molecular complexity index is 848. The minimum atomic E-state index is -0.165. The fourth-order valence-corrected chi connectivity index (χ4v) is 3.60. The van der Waals surface area contributed by atoms with Crippen LogP contribution in [0.1, 0.15) is 28.8 Å². The molecule has 0 unspecified atom stereocenters. The minimum absolute atomic E-state index is 0.0193. The number of nitrogens with zero attached hydrogens (tertiary/aromatic N) is 1. The first-order valence-corrected chi connectivity index (χ1v) is 8.78. The SMILES string of the molecule is COc1ccc(CNC(=O)c2ccc3c(c2)NC(=O)[C@@H]2CCCN32)cc1. The molecular formula is C20H21N3O3. The number of ether oxygens (including phenoxy) is 1. The van der Waals surface area contributed by atoms with Crippen LogP contribution in [0.2, 0.25) is 0 Å². The van der Waals surface area contributed by atoms with Crippen LogP contribution >= 0.6 is 0 Å². The lowest BCUT2D eigenvalue weighted by atomic mass is 10.1. The number of benzene rings is 2. The highest BCUT2D eigenvalue weighted by Gasteiger charge is 2.36. The largest absolute Gasteiger partial charge is 0.497 e. The maximum atomic E-state index is 12.5. The monoisotopic (exact) mass is 351 g/mol. The number of anilines is 2.